The van der Waals surface area contributed by atoms with Gasteiger partial charge in [0.1, 0.15) is 0 Å². The van der Waals surface area contributed by atoms with Crippen LogP contribution in [0.3, 0.4) is 0 Å². The highest BCUT2D eigenvalue weighted by Crippen LogP contribution is 2.39. The maximum Gasteiger partial charge on any atom is 0.224 e. The van der Waals surface area contributed by atoms with E-state index >= 15 is 0 Å². The Kier molecular flexibility index (Phi) is 12.5. The molecular formula is C41H42N4O5S. The van der Waals surface area contributed by atoms with Crippen molar-refractivity contribution in [3.63, 3.8) is 0 Å². The molecule has 0 bridgehead atoms. The third-order valence-corrected chi connectivity index (χ3v) is 9.72. The number of carbonyl (C=O) groups is 2. The summed E-state index contributed by atoms with van der Waals surface area (Å²) in [7, 11) is 0. The predicted octanol–water partition coefficient (Wildman–Crippen LogP) is 7.59. The summed E-state index contributed by atoms with van der Waals surface area (Å²) in [4.78, 5) is 29.2. The molecule has 0 radical (unpaired) electrons. The van der Waals surface area contributed by atoms with Crippen molar-refractivity contribution in [1.82, 2.24) is 10.3 Å². The van der Waals surface area contributed by atoms with Gasteiger partial charge in [0.25, 0.3) is 0 Å². The molecule has 10 heteroatoms. The van der Waals surface area contributed by atoms with E-state index in [9.17, 15) is 14.7 Å². The number of amides is 2. The minimum atomic E-state index is -0.547. The first kappa shape index (κ1) is 35.8. The number of aromatic nitrogens is 1. The summed E-state index contributed by atoms with van der Waals surface area (Å²) in [5.74, 6) is 0.459. The van der Waals surface area contributed by atoms with Gasteiger partial charge in [0, 0.05) is 43.3 Å². The number of nitrogens with one attached hydrogen (secondary N) is 2. The number of pyridine rings is 1. The van der Waals surface area contributed by atoms with Crippen molar-refractivity contribution in [1.29, 1.82) is 0 Å². The number of rotatable bonds is 14. The predicted molar refractivity (Wildman–Crippen MR) is 200 cm³/mol. The van der Waals surface area contributed by atoms with Crippen LogP contribution in [-0.2, 0) is 32.2 Å². The maximum atomic E-state index is 12.5. The second-order valence-electron chi connectivity index (χ2n) is 12.4. The molecule has 1 aliphatic heterocycles. The second kappa shape index (κ2) is 17.8. The van der Waals surface area contributed by atoms with E-state index in [1.807, 2.05) is 78.9 Å². The summed E-state index contributed by atoms with van der Waals surface area (Å²) in [6, 6.07) is 37.2. The molecule has 9 nitrogen and oxygen atoms in total. The standard InChI is InChI=1S/C41H42N4O5S/c42-35-9-1-2-10-36(35)45-39(48)12-6-11-38(47)44-25-29-7-5-8-33(23-29)30-18-20-32(21-19-30)41-49-34(27-51-40-13-3-4-22-43-40)24-37(50-41)31-16-14-28(26-46)15-17-31/h1-5,7-10,13-23,34,37,41,46H,6,11-12,24-27,42H2,(H,44,47)(H,45,48)/t34-,37+,41+/m0/s1. The maximum absolute atomic E-state index is 12.5. The fraction of sp³-hybridized carbons (Fsp3) is 0.244. The van der Waals surface area contributed by atoms with E-state index in [1.54, 1.807) is 36.2 Å². The number of benzene rings is 4. The van der Waals surface area contributed by atoms with Crippen molar-refractivity contribution in [2.24, 2.45) is 0 Å². The molecule has 5 N–H and O–H groups in total. The monoisotopic (exact) mass is 702 g/mol. The Morgan fingerprint density at radius 1 is 0.804 bits per heavy atom. The smallest absolute Gasteiger partial charge is 0.224 e. The van der Waals surface area contributed by atoms with Gasteiger partial charge in [-0.25, -0.2) is 4.98 Å². The van der Waals surface area contributed by atoms with Gasteiger partial charge in [-0.05, 0) is 64.6 Å². The molecule has 51 heavy (non-hydrogen) atoms. The topological polar surface area (TPSA) is 136 Å². The van der Waals surface area contributed by atoms with E-state index in [0.717, 1.165) is 44.2 Å². The average Bonchev–Trinajstić information content (AvgIpc) is 3.17. The van der Waals surface area contributed by atoms with Gasteiger partial charge in [0.2, 0.25) is 11.8 Å². The minimum Gasteiger partial charge on any atom is -0.397 e. The molecule has 1 fully saturated rings. The molecule has 0 aliphatic carbocycles. The highest BCUT2D eigenvalue weighted by molar-refractivity contribution is 7.99. The number of thioether (sulfide) groups is 1. The van der Waals surface area contributed by atoms with Gasteiger partial charge in [-0.2, -0.15) is 0 Å². The second-order valence-corrected chi connectivity index (χ2v) is 13.5. The fourth-order valence-electron chi connectivity index (χ4n) is 5.85. The first-order valence-electron chi connectivity index (χ1n) is 17.1. The summed E-state index contributed by atoms with van der Waals surface area (Å²) < 4.78 is 13.0. The highest BCUT2D eigenvalue weighted by atomic mass is 32.2. The van der Waals surface area contributed by atoms with E-state index in [0.29, 0.717) is 30.8 Å². The third kappa shape index (κ3) is 10.3. The first-order valence-corrected chi connectivity index (χ1v) is 18.1. The van der Waals surface area contributed by atoms with Crippen LogP contribution in [0.5, 0.6) is 0 Å². The Morgan fingerprint density at radius 2 is 1.57 bits per heavy atom. The van der Waals surface area contributed by atoms with Crippen LogP contribution < -0.4 is 16.4 Å². The molecule has 1 aliphatic rings. The molecule has 262 valence electrons. The quantitative estimate of drug-likeness (QED) is 0.0687. The Labute approximate surface area is 302 Å². The van der Waals surface area contributed by atoms with Crippen molar-refractivity contribution in [3.05, 3.63) is 144 Å². The van der Waals surface area contributed by atoms with E-state index in [2.05, 4.69) is 33.8 Å². The number of aliphatic hydroxyl groups excluding tert-OH is 1. The zero-order valence-electron chi connectivity index (χ0n) is 28.2. The summed E-state index contributed by atoms with van der Waals surface area (Å²) in [5.41, 5.74) is 12.8. The number of nitrogen functional groups attached to an aromatic ring is 1. The Balaban J connectivity index is 1.04. The molecular weight excluding hydrogens is 661 g/mol. The number of aliphatic hydroxyl groups is 1. The lowest BCUT2D eigenvalue weighted by Crippen LogP contribution is -2.31. The van der Waals surface area contributed by atoms with Crippen LogP contribution in [0.4, 0.5) is 11.4 Å². The van der Waals surface area contributed by atoms with Crippen LogP contribution in [0.2, 0.25) is 0 Å². The lowest BCUT2D eigenvalue weighted by Gasteiger charge is -2.36. The van der Waals surface area contributed by atoms with Crippen molar-refractivity contribution in [2.45, 2.75) is 62.4 Å². The van der Waals surface area contributed by atoms with Crippen molar-refractivity contribution in [2.75, 3.05) is 16.8 Å². The van der Waals surface area contributed by atoms with Gasteiger partial charge in [0.15, 0.2) is 6.29 Å². The number of hydrogen-bond donors (Lipinski definition) is 4. The number of hydrogen-bond acceptors (Lipinski definition) is 8. The number of nitrogens with zero attached hydrogens (tertiary/aromatic N) is 1. The van der Waals surface area contributed by atoms with Crippen LogP contribution in [-0.4, -0.2) is 33.8 Å². The highest BCUT2D eigenvalue weighted by Gasteiger charge is 2.32. The summed E-state index contributed by atoms with van der Waals surface area (Å²) in [6.45, 7) is 0.387. The van der Waals surface area contributed by atoms with Gasteiger partial charge in [0.05, 0.1) is 35.2 Å². The molecule has 0 saturated carbocycles. The molecule has 0 unspecified atom stereocenters. The summed E-state index contributed by atoms with van der Waals surface area (Å²) >= 11 is 1.67. The molecule has 4 aromatic carbocycles. The minimum absolute atomic E-state index is 0.00123. The normalized spacial score (nSPS) is 17.1. The van der Waals surface area contributed by atoms with Gasteiger partial charge in [-0.3, -0.25) is 9.59 Å². The Morgan fingerprint density at radius 3 is 2.33 bits per heavy atom. The zero-order chi connectivity index (χ0) is 35.4. The van der Waals surface area contributed by atoms with Crippen molar-refractivity contribution in [3.8, 4) is 11.1 Å². The van der Waals surface area contributed by atoms with Crippen LogP contribution in [0, 0.1) is 0 Å². The molecule has 5 aromatic rings. The van der Waals surface area contributed by atoms with Gasteiger partial charge < -0.3 is 30.9 Å². The summed E-state index contributed by atoms with van der Waals surface area (Å²) in [5, 5.41) is 16.2. The lowest BCUT2D eigenvalue weighted by molar-refractivity contribution is -0.245. The number of ether oxygens (including phenoxy) is 2. The van der Waals surface area contributed by atoms with Gasteiger partial charge >= 0.3 is 0 Å². The molecule has 2 amide bonds. The summed E-state index contributed by atoms with van der Waals surface area (Å²) in [6.07, 6.45) is 2.65. The SMILES string of the molecule is Nc1ccccc1NC(=O)CCCC(=O)NCc1cccc(-c2ccc([C@@H]3O[C@H](CSc4ccccn4)C[C@H](c4ccc(CO)cc4)O3)cc2)c1. The van der Waals surface area contributed by atoms with E-state index in [1.165, 1.54) is 0 Å². The van der Waals surface area contributed by atoms with Crippen LogP contribution in [0.1, 0.15) is 60.3 Å². The molecule has 6 rings (SSSR count). The Bertz CT molecular complexity index is 1890. The van der Waals surface area contributed by atoms with Gasteiger partial charge in [-0.15, -0.1) is 11.8 Å². The lowest BCUT2D eigenvalue weighted by atomic mass is 9.99. The first-order chi connectivity index (χ1) is 24.9. The largest absolute Gasteiger partial charge is 0.397 e. The Hall–Kier alpha value is -5.00. The molecule has 1 aromatic heterocycles. The van der Waals surface area contributed by atoms with Crippen molar-refractivity contribution < 1.29 is 24.2 Å². The van der Waals surface area contributed by atoms with E-state index in [4.69, 9.17) is 15.2 Å². The van der Waals surface area contributed by atoms with E-state index < -0.39 is 6.29 Å². The molecule has 3 atom stereocenters. The van der Waals surface area contributed by atoms with Crippen LogP contribution in [0.15, 0.2) is 126 Å². The number of anilines is 2. The van der Waals surface area contributed by atoms with Crippen LogP contribution in [0.25, 0.3) is 11.1 Å². The zero-order valence-corrected chi connectivity index (χ0v) is 29.1. The molecule has 1 saturated heterocycles. The van der Waals surface area contributed by atoms with Gasteiger partial charge in [-0.1, -0.05) is 84.9 Å². The number of nitrogens with two attached hydrogens (primary N) is 1. The van der Waals surface area contributed by atoms with Crippen molar-refractivity contribution >= 4 is 35.0 Å². The molecule has 0 spiro atoms. The number of carbonyl (C=O) groups excluding carboxylic acids is 2. The number of para-hydroxylation sites is 2. The van der Waals surface area contributed by atoms with E-state index in [-0.39, 0.29) is 43.5 Å². The fourth-order valence-corrected chi connectivity index (χ4v) is 6.73. The third-order valence-electron chi connectivity index (χ3n) is 8.65. The van der Waals surface area contributed by atoms with Crippen LogP contribution >= 0.6 is 11.8 Å². The average molecular weight is 703 g/mol. The molecule has 2 heterocycles.